The van der Waals surface area contributed by atoms with Gasteiger partial charge in [0.2, 0.25) is 0 Å². The third-order valence-corrected chi connectivity index (χ3v) is 4.56. The lowest BCUT2D eigenvalue weighted by Gasteiger charge is -2.22. The maximum Gasteiger partial charge on any atom is 0.164 e. The lowest BCUT2D eigenvalue weighted by atomic mass is 9.95. The third-order valence-electron chi connectivity index (χ3n) is 4.56. The average Bonchev–Trinajstić information content (AvgIpc) is 2.60. The summed E-state index contributed by atoms with van der Waals surface area (Å²) in [4.78, 5) is 12.1. The molecule has 0 aliphatic heterocycles. The summed E-state index contributed by atoms with van der Waals surface area (Å²) in [7, 11) is 0. The van der Waals surface area contributed by atoms with Crippen LogP contribution in [0.2, 0.25) is 0 Å². The van der Waals surface area contributed by atoms with Crippen molar-refractivity contribution < 1.29 is 30.3 Å². The van der Waals surface area contributed by atoms with Crippen LogP contribution in [0.15, 0.2) is 36.4 Å². The molecule has 0 aromatic heterocycles. The van der Waals surface area contributed by atoms with Crippen molar-refractivity contribution in [2.75, 3.05) is 0 Å². The van der Waals surface area contributed by atoms with E-state index in [9.17, 15) is 30.3 Å². The number of aliphatic hydroxyl groups excluding tert-OH is 3. The molecule has 3 atom stereocenters. The van der Waals surface area contributed by atoms with Crippen LogP contribution < -0.4 is 0 Å². The molecule has 0 unspecified atom stereocenters. The van der Waals surface area contributed by atoms with Crippen molar-refractivity contribution in [2.45, 2.75) is 37.6 Å². The second-order valence-corrected chi connectivity index (χ2v) is 6.38. The highest BCUT2D eigenvalue weighted by Gasteiger charge is 2.30. The molecule has 0 heterocycles. The number of phenols is 2. The van der Waals surface area contributed by atoms with E-state index in [1.54, 1.807) is 24.3 Å². The SMILES string of the molecule is O=C1CCc2ccc(O)c(c2)-c2cc(ccc2O)C[C@H](O)[C@H](O)[C@@H]1O. The maximum absolute atomic E-state index is 12.1. The fourth-order valence-electron chi connectivity index (χ4n) is 3.06. The van der Waals surface area contributed by atoms with Crippen LogP contribution in [0.4, 0.5) is 0 Å². The van der Waals surface area contributed by atoms with E-state index >= 15 is 0 Å². The average molecular weight is 344 g/mol. The van der Waals surface area contributed by atoms with Gasteiger partial charge < -0.3 is 25.5 Å². The zero-order valence-electron chi connectivity index (χ0n) is 13.5. The molecule has 0 saturated carbocycles. The topological polar surface area (TPSA) is 118 Å². The van der Waals surface area contributed by atoms with Gasteiger partial charge in [0.1, 0.15) is 23.7 Å². The van der Waals surface area contributed by atoms with E-state index in [1.165, 1.54) is 12.1 Å². The lowest BCUT2D eigenvalue weighted by molar-refractivity contribution is -0.138. The minimum absolute atomic E-state index is 0.0146. The predicted molar refractivity (Wildman–Crippen MR) is 90.3 cm³/mol. The Balaban J connectivity index is 2.12. The monoisotopic (exact) mass is 344 g/mol. The number of Topliss-reactive ketones (excluding diaryl/α,β-unsaturated/α-hetero) is 1. The fourth-order valence-corrected chi connectivity index (χ4v) is 3.06. The second kappa shape index (κ2) is 6.84. The van der Waals surface area contributed by atoms with E-state index in [0.717, 1.165) is 5.56 Å². The zero-order valence-corrected chi connectivity index (χ0v) is 13.5. The van der Waals surface area contributed by atoms with Crippen molar-refractivity contribution in [1.82, 2.24) is 0 Å². The van der Waals surface area contributed by atoms with Gasteiger partial charge in [0.05, 0.1) is 6.10 Å². The molecule has 6 heteroatoms. The van der Waals surface area contributed by atoms with E-state index < -0.39 is 24.1 Å². The molecule has 2 aromatic rings. The number of benzene rings is 2. The Morgan fingerprint density at radius 1 is 0.800 bits per heavy atom. The summed E-state index contributed by atoms with van der Waals surface area (Å²) >= 11 is 0. The van der Waals surface area contributed by atoms with Crippen molar-refractivity contribution in [3.05, 3.63) is 47.5 Å². The first-order valence-corrected chi connectivity index (χ1v) is 8.08. The van der Waals surface area contributed by atoms with Crippen LogP contribution in [0.25, 0.3) is 11.1 Å². The third kappa shape index (κ3) is 3.51. The van der Waals surface area contributed by atoms with Gasteiger partial charge in [0.25, 0.3) is 0 Å². The minimum atomic E-state index is -1.66. The molecule has 6 nitrogen and oxygen atoms in total. The fraction of sp³-hybridized carbons (Fsp3) is 0.316. The van der Waals surface area contributed by atoms with Gasteiger partial charge in [-0.3, -0.25) is 4.79 Å². The van der Waals surface area contributed by atoms with Crippen molar-refractivity contribution in [3.63, 3.8) is 0 Å². The van der Waals surface area contributed by atoms with Gasteiger partial charge in [-0.1, -0.05) is 12.1 Å². The van der Waals surface area contributed by atoms with Crippen molar-refractivity contribution in [1.29, 1.82) is 0 Å². The van der Waals surface area contributed by atoms with Crippen molar-refractivity contribution in [2.24, 2.45) is 0 Å². The van der Waals surface area contributed by atoms with E-state index in [4.69, 9.17) is 0 Å². The summed E-state index contributed by atoms with van der Waals surface area (Å²) in [6.45, 7) is 0. The molecule has 1 aliphatic rings. The molecule has 25 heavy (non-hydrogen) atoms. The molecule has 132 valence electrons. The number of aryl methyl sites for hydroxylation is 1. The first kappa shape index (κ1) is 17.4. The molecule has 4 bridgehead atoms. The number of hydrogen-bond acceptors (Lipinski definition) is 6. The van der Waals surface area contributed by atoms with E-state index in [1.807, 2.05) is 0 Å². The van der Waals surface area contributed by atoms with Crippen molar-refractivity contribution in [3.8, 4) is 22.6 Å². The van der Waals surface area contributed by atoms with Crippen LogP contribution in [-0.4, -0.2) is 49.6 Å². The summed E-state index contributed by atoms with van der Waals surface area (Å²) in [6, 6.07) is 9.45. The molecule has 0 amide bonds. The number of ketones is 1. The molecule has 5 N–H and O–H groups in total. The molecular formula is C19H20O6. The van der Waals surface area contributed by atoms with Crippen molar-refractivity contribution >= 4 is 5.78 Å². The number of rotatable bonds is 0. The van der Waals surface area contributed by atoms with Gasteiger partial charge in [-0.2, -0.15) is 0 Å². The Morgan fingerprint density at radius 2 is 1.36 bits per heavy atom. The maximum atomic E-state index is 12.1. The van der Waals surface area contributed by atoms with Crippen LogP contribution in [0.5, 0.6) is 11.5 Å². The van der Waals surface area contributed by atoms with Gasteiger partial charge >= 0.3 is 0 Å². The van der Waals surface area contributed by atoms with Gasteiger partial charge in [-0.15, -0.1) is 0 Å². The largest absolute Gasteiger partial charge is 0.507 e. The highest BCUT2D eigenvalue weighted by molar-refractivity contribution is 5.84. The van der Waals surface area contributed by atoms with Crippen LogP contribution >= 0.6 is 0 Å². The number of carbonyl (C=O) groups excluding carboxylic acids is 1. The number of fused-ring (bicyclic) bond motifs is 5. The molecule has 3 rings (SSSR count). The summed E-state index contributed by atoms with van der Waals surface area (Å²) in [5.41, 5.74) is 2.14. The summed E-state index contributed by atoms with van der Waals surface area (Å²) in [6.07, 6.45) is -4.33. The van der Waals surface area contributed by atoms with Gasteiger partial charge in [-0.25, -0.2) is 0 Å². The number of hydrogen-bond donors (Lipinski definition) is 5. The normalized spacial score (nSPS) is 24.1. The second-order valence-electron chi connectivity index (χ2n) is 6.38. The number of phenolic OH excluding ortho intramolecular Hbond substituents is 2. The molecule has 0 fully saturated rings. The Labute approximate surface area is 144 Å². The van der Waals surface area contributed by atoms with Crippen LogP contribution in [-0.2, 0) is 17.6 Å². The highest BCUT2D eigenvalue weighted by atomic mass is 16.4. The Kier molecular flexibility index (Phi) is 4.76. The minimum Gasteiger partial charge on any atom is -0.507 e. The van der Waals surface area contributed by atoms with Gasteiger partial charge in [0, 0.05) is 24.0 Å². The first-order valence-electron chi connectivity index (χ1n) is 8.08. The molecule has 0 saturated heterocycles. The standard InChI is InChI=1S/C19H20O6/c20-14-4-1-10-2-6-16(22)18(24)19(25)17(23)9-11-3-5-15(21)13(8-11)12(14)7-10/h1,3-5,7-8,17-21,23-25H,2,6,9H2/t17-,18+,19-/m0/s1. The zero-order chi connectivity index (χ0) is 18.1. The summed E-state index contributed by atoms with van der Waals surface area (Å²) in [5.74, 6) is -0.606. The van der Waals surface area contributed by atoms with Gasteiger partial charge in [0.15, 0.2) is 5.78 Å². The lowest BCUT2D eigenvalue weighted by Crippen LogP contribution is -2.43. The van der Waals surface area contributed by atoms with Crippen LogP contribution in [0, 0.1) is 0 Å². The van der Waals surface area contributed by atoms with E-state index in [-0.39, 0.29) is 24.3 Å². The number of aliphatic hydroxyl groups is 3. The molecule has 2 aromatic carbocycles. The Hall–Kier alpha value is -2.41. The van der Waals surface area contributed by atoms with E-state index in [0.29, 0.717) is 23.1 Å². The summed E-state index contributed by atoms with van der Waals surface area (Å²) in [5, 5.41) is 50.5. The number of carbonyl (C=O) groups is 1. The Morgan fingerprint density at radius 3 is 2.00 bits per heavy atom. The van der Waals surface area contributed by atoms with Gasteiger partial charge in [-0.05, 0) is 41.8 Å². The van der Waals surface area contributed by atoms with Crippen LogP contribution in [0.1, 0.15) is 17.5 Å². The highest BCUT2D eigenvalue weighted by Crippen LogP contribution is 2.37. The molecule has 0 spiro atoms. The molecule has 0 radical (unpaired) electrons. The first-order chi connectivity index (χ1) is 11.9. The summed E-state index contributed by atoms with van der Waals surface area (Å²) < 4.78 is 0. The molecular weight excluding hydrogens is 324 g/mol. The predicted octanol–water partition coefficient (Wildman–Crippen LogP) is 0.905. The Bertz CT molecular complexity index is 800. The quantitative estimate of drug-likeness (QED) is 0.485. The van der Waals surface area contributed by atoms with Crippen LogP contribution in [0.3, 0.4) is 0 Å². The smallest absolute Gasteiger partial charge is 0.164 e. The molecule has 1 aliphatic carbocycles. The number of aromatic hydroxyl groups is 2. The van der Waals surface area contributed by atoms with E-state index in [2.05, 4.69) is 0 Å².